The number of sulfonamides is 1. The molecule has 0 aliphatic carbocycles. The largest absolute Gasteiger partial charge is 0.306 e. The van der Waals surface area contributed by atoms with Crippen LogP contribution in [0.4, 0.5) is 0 Å². The first-order valence-electron chi connectivity index (χ1n) is 8.78. The lowest BCUT2D eigenvalue weighted by Gasteiger charge is -2.19. The van der Waals surface area contributed by atoms with E-state index in [1.165, 1.54) is 15.4 Å². The number of benzene rings is 2. The van der Waals surface area contributed by atoms with Gasteiger partial charge in [0.15, 0.2) is 0 Å². The Bertz CT molecular complexity index is 782. The first-order chi connectivity index (χ1) is 11.9. The highest BCUT2D eigenvalue weighted by Crippen LogP contribution is 2.20. The van der Waals surface area contributed by atoms with Gasteiger partial charge in [-0.3, -0.25) is 0 Å². The topological polar surface area (TPSA) is 49.4 Å². The fraction of sp³-hybridized carbons (Fsp3) is 0.400. The molecule has 0 heterocycles. The monoisotopic (exact) mass is 360 g/mol. The molecular formula is C20H28N2O2S. The van der Waals surface area contributed by atoms with E-state index >= 15 is 0 Å². The van der Waals surface area contributed by atoms with Crippen LogP contribution in [0.25, 0.3) is 0 Å². The van der Waals surface area contributed by atoms with Crippen molar-refractivity contribution in [2.45, 2.75) is 45.2 Å². The van der Waals surface area contributed by atoms with Crippen molar-refractivity contribution >= 4 is 10.0 Å². The first-order valence-corrected chi connectivity index (χ1v) is 10.2. The molecule has 0 aliphatic rings. The van der Waals surface area contributed by atoms with Crippen molar-refractivity contribution in [3.05, 3.63) is 65.2 Å². The van der Waals surface area contributed by atoms with Gasteiger partial charge in [-0.15, -0.1) is 0 Å². The summed E-state index contributed by atoms with van der Waals surface area (Å²) in [5.74, 6) is 0. The fourth-order valence-electron chi connectivity index (χ4n) is 2.83. The highest BCUT2D eigenvalue weighted by molar-refractivity contribution is 7.89. The molecule has 1 atom stereocenters. The molecule has 2 rings (SSSR count). The summed E-state index contributed by atoms with van der Waals surface area (Å²) in [6.45, 7) is 9.65. The van der Waals surface area contributed by atoms with Crippen LogP contribution in [0, 0.1) is 6.92 Å². The van der Waals surface area contributed by atoms with Gasteiger partial charge in [0.1, 0.15) is 0 Å². The molecule has 4 nitrogen and oxygen atoms in total. The molecule has 1 unspecified atom stereocenters. The van der Waals surface area contributed by atoms with Crippen molar-refractivity contribution < 1.29 is 8.42 Å². The molecule has 0 radical (unpaired) electrons. The van der Waals surface area contributed by atoms with Crippen LogP contribution in [0.5, 0.6) is 0 Å². The van der Waals surface area contributed by atoms with Crippen LogP contribution in [0.15, 0.2) is 53.4 Å². The Hall–Kier alpha value is -1.69. The van der Waals surface area contributed by atoms with Gasteiger partial charge in [-0.2, -0.15) is 4.31 Å². The van der Waals surface area contributed by atoms with E-state index in [9.17, 15) is 8.42 Å². The molecule has 0 saturated heterocycles. The highest BCUT2D eigenvalue weighted by Gasteiger charge is 2.21. The van der Waals surface area contributed by atoms with Gasteiger partial charge >= 0.3 is 0 Å². The third kappa shape index (κ3) is 4.69. The van der Waals surface area contributed by atoms with Crippen LogP contribution >= 0.6 is 0 Å². The lowest BCUT2D eigenvalue weighted by Crippen LogP contribution is -2.30. The van der Waals surface area contributed by atoms with Gasteiger partial charge in [-0.05, 0) is 42.7 Å². The minimum absolute atomic E-state index is 0.143. The van der Waals surface area contributed by atoms with Gasteiger partial charge in [-0.1, -0.05) is 50.2 Å². The molecule has 0 fully saturated rings. The Kier molecular flexibility index (Phi) is 6.76. The molecule has 25 heavy (non-hydrogen) atoms. The van der Waals surface area contributed by atoms with Gasteiger partial charge in [0.25, 0.3) is 0 Å². The van der Waals surface area contributed by atoms with E-state index < -0.39 is 10.0 Å². The van der Waals surface area contributed by atoms with Gasteiger partial charge in [-0.25, -0.2) is 8.42 Å². The highest BCUT2D eigenvalue weighted by atomic mass is 32.2. The number of nitrogens with one attached hydrogen (secondary N) is 1. The summed E-state index contributed by atoms with van der Waals surface area (Å²) < 4.78 is 26.5. The molecule has 0 aliphatic heterocycles. The zero-order chi connectivity index (χ0) is 18.4. The van der Waals surface area contributed by atoms with Crippen molar-refractivity contribution in [3.63, 3.8) is 0 Å². The Morgan fingerprint density at radius 3 is 2.16 bits per heavy atom. The zero-order valence-electron chi connectivity index (χ0n) is 15.5. The number of nitrogens with zero attached hydrogens (tertiary/aromatic N) is 1. The first kappa shape index (κ1) is 19.6. The molecule has 0 aromatic heterocycles. The summed E-state index contributed by atoms with van der Waals surface area (Å²) in [7, 11) is -3.39. The third-order valence-electron chi connectivity index (χ3n) is 4.58. The zero-order valence-corrected chi connectivity index (χ0v) is 16.3. The molecule has 1 N–H and O–H groups in total. The van der Waals surface area contributed by atoms with E-state index in [0.29, 0.717) is 18.0 Å². The average Bonchev–Trinajstić information content (AvgIpc) is 2.61. The molecule has 2 aromatic rings. The quantitative estimate of drug-likeness (QED) is 0.777. The number of aryl methyl sites for hydroxylation is 1. The van der Waals surface area contributed by atoms with Crippen molar-refractivity contribution in [3.8, 4) is 0 Å². The maximum atomic E-state index is 12.5. The molecule has 0 amide bonds. The van der Waals surface area contributed by atoms with Gasteiger partial charge in [0, 0.05) is 25.7 Å². The minimum Gasteiger partial charge on any atom is -0.306 e. The molecular weight excluding hydrogens is 332 g/mol. The van der Waals surface area contributed by atoms with E-state index in [1.54, 1.807) is 12.1 Å². The Balaban J connectivity index is 2.08. The molecule has 136 valence electrons. The van der Waals surface area contributed by atoms with Crippen molar-refractivity contribution in [2.75, 3.05) is 13.1 Å². The van der Waals surface area contributed by atoms with E-state index in [4.69, 9.17) is 0 Å². The van der Waals surface area contributed by atoms with Crippen molar-refractivity contribution in [1.82, 2.24) is 9.62 Å². The van der Waals surface area contributed by atoms with Gasteiger partial charge < -0.3 is 5.32 Å². The second kappa shape index (κ2) is 8.61. The number of rotatable bonds is 8. The van der Waals surface area contributed by atoms with Gasteiger partial charge in [0.05, 0.1) is 4.90 Å². The number of hydrogen-bond donors (Lipinski definition) is 1. The lowest BCUT2D eigenvalue weighted by molar-refractivity contribution is 0.445. The average molecular weight is 361 g/mol. The maximum Gasteiger partial charge on any atom is 0.243 e. The fourth-order valence-corrected chi connectivity index (χ4v) is 4.29. The van der Waals surface area contributed by atoms with Crippen molar-refractivity contribution in [2.24, 2.45) is 0 Å². The predicted molar refractivity (Wildman–Crippen MR) is 103 cm³/mol. The second-order valence-electron chi connectivity index (χ2n) is 6.19. The predicted octanol–water partition coefficient (Wildman–Crippen LogP) is 3.88. The summed E-state index contributed by atoms with van der Waals surface area (Å²) in [5.41, 5.74) is 3.62. The van der Waals surface area contributed by atoms with Crippen LogP contribution in [-0.2, 0) is 16.6 Å². The SMILES string of the molecule is CCN(CC)S(=O)(=O)c1ccc(C(C)NCc2ccccc2C)cc1. The molecule has 0 bridgehead atoms. The Labute approximate surface area is 151 Å². The molecule has 5 heteroatoms. The van der Waals surface area contributed by atoms with Crippen LogP contribution in [0.3, 0.4) is 0 Å². The molecule has 0 spiro atoms. The summed E-state index contributed by atoms with van der Waals surface area (Å²) in [6, 6.07) is 15.6. The van der Waals surface area contributed by atoms with Crippen molar-refractivity contribution in [1.29, 1.82) is 0 Å². The smallest absolute Gasteiger partial charge is 0.243 e. The summed E-state index contributed by atoms with van der Waals surface area (Å²) in [4.78, 5) is 0.353. The van der Waals surface area contributed by atoms with Gasteiger partial charge in [0.2, 0.25) is 10.0 Å². The van der Waals surface area contributed by atoms with Crippen LogP contribution in [0.2, 0.25) is 0 Å². The maximum absolute atomic E-state index is 12.5. The van der Waals surface area contributed by atoms with E-state index in [0.717, 1.165) is 12.1 Å². The van der Waals surface area contributed by atoms with E-state index in [1.807, 2.05) is 38.1 Å². The second-order valence-corrected chi connectivity index (χ2v) is 8.13. The molecule has 0 saturated carbocycles. The summed E-state index contributed by atoms with van der Waals surface area (Å²) in [6.07, 6.45) is 0. The third-order valence-corrected chi connectivity index (χ3v) is 6.65. The van der Waals surface area contributed by atoms with E-state index in [2.05, 4.69) is 31.3 Å². The van der Waals surface area contributed by atoms with E-state index in [-0.39, 0.29) is 6.04 Å². The normalized spacial score (nSPS) is 13.2. The molecule has 2 aromatic carbocycles. The summed E-state index contributed by atoms with van der Waals surface area (Å²) >= 11 is 0. The minimum atomic E-state index is -3.39. The Morgan fingerprint density at radius 1 is 1.00 bits per heavy atom. The van der Waals surface area contributed by atoms with Crippen LogP contribution in [-0.4, -0.2) is 25.8 Å². The van der Waals surface area contributed by atoms with Crippen LogP contribution in [0.1, 0.15) is 43.5 Å². The summed E-state index contributed by atoms with van der Waals surface area (Å²) in [5, 5.41) is 3.50. The number of hydrogen-bond acceptors (Lipinski definition) is 3. The van der Waals surface area contributed by atoms with Crippen LogP contribution < -0.4 is 5.32 Å². The lowest BCUT2D eigenvalue weighted by atomic mass is 10.1. The Morgan fingerprint density at radius 2 is 1.60 bits per heavy atom. The standard InChI is InChI=1S/C20H28N2O2S/c1-5-22(6-2)25(23,24)20-13-11-18(12-14-20)17(4)21-15-19-10-8-7-9-16(19)3/h7-14,17,21H,5-6,15H2,1-4H3.